The first-order valence-corrected chi connectivity index (χ1v) is 8.41. The quantitative estimate of drug-likeness (QED) is 0.719. The van der Waals surface area contributed by atoms with Crippen molar-refractivity contribution >= 4 is 5.78 Å². The van der Waals surface area contributed by atoms with Crippen LogP contribution in [-0.2, 0) is 0 Å². The van der Waals surface area contributed by atoms with Crippen molar-refractivity contribution in [1.29, 1.82) is 0 Å². The van der Waals surface area contributed by atoms with Crippen molar-refractivity contribution < 1.29 is 4.79 Å². The number of nitrogens with zero attached hydrogens (tertiary/aromatic N) is 1. The van der Waals surface area contributed by atoms with Gasteiger partial charge in [-0.15, -0.1) is 0 Å². The summed E-state index contributed by atoms with van der Waals surface area (Å²) in [5, 5.41) is 0. The van der Waals surface area contributed by atoms with Gasteiger partial charge in [-0.1, -0.05) is 51.0 Å². The molecule has 2 nitrogen and oxygen atoms in total. The Hall–Kier alpha value is -1.15. The third kappa shape index (κ3) is 3.94. The minimum atomic E-state index is 0.288. The molecule has 1 heterocycles. The molecule has 1 aliphatic rings. The highest BCUT2D eigenvalue weighted by atomic mass is 16.1. The Morgan fingerprint density at radius 1 is 1.14 bits per heavy atom. The van der Waals surface area contributed by atoms with Crippen LogP contribution in [0.3, 0.4) is 0 Å². The molecule has 0 aliphatic carbocycles. The van der Waals surface area contributed by atoms with Gasteiger partial charge in [-0.3, -0.25) is 4.79 Å². The van der Waals surface area contributed by atoms with E-state index < -0.39 is 0 Å². The van der Waals surface area contributed by atoms with E-state index in [2.05, 4.69) is 18.7 Å². The van der Waals surface area contributed by atoms with Crippen LogP contribution in [0, 0.1) is 12.3 Å². The molecular formula is C19H29NO. The molecule has 2 heteroatoms. The van der Waals surface area contributed by atoms with Gasteiger partial charge in [0.2, 0.25) is 0 Å². The second kappa shape index (κ2) is 7.22. The van der Waals surface area contributed by atoms with Crippen LogP contribution in [0.4, 0.5) is 0 Å². The van der Waals surface area contributed by atoms with Crippen LogP contribution < -0.4 is 0 Å². The number of likely N-dealkylation sites (tertiary alicyclic amines) is 1. The maximum atomic E-state index is 12.3. The normalized spacial score (nSPS) is 18.6. The Balaban J connectivity index is 1.83. The monoisotopic (exact) mass is 287 g/mol. The van der Waals surface area contributed by atoms with Crippen molar-refractivity contribution in [2.75, 3.05) is 19.6 Å². The van der Waals surface area contributed by atoms with Crippen LogP contribution in [0.1, 0.15) is 61.9 Å². The molecule has 116 valence electrons. The number of Topliss-reactive ketones (excluding diaryl/α,β-unsaturated/α-hetero) is 1. The Kier molecular flexibility index (Phi) is 5.58. The van der Waals surface area contributed by atoms with Gasteiger partial charge in [0.05, 0.1) is 0 Å². The summed E-state index contributed by atoms with van der Waals surface area (Å²) in [4.78, 5) is 14.8. The Morgan fingerprint density at radius 3 is 2.33 bits per heavy atom. The molecule has 0 spiro atoms. The fourth-order valence-electron chi connectivity index (χ4n) is 3.49. The zero-order valence-electron chi connectivity index (χ0n) is 13.8. The molecule has 0 aromatic heterocycles. The number of benzene rings is 1. The molecule has 0 bridgehead atoms. The van der Waals surface area contributed by atoms with E-state index >= 15 is 0 Å². The summed E-state index contributed by atoms with van der Waals surface area (Å²) in [5.74, 6) is 0.288. The Morgan fingerprint density at radius 2 is 1.76 bits per heavy atom. The summed E-state index contributed by atoms with van der Waals surface area (Å²) in [6, 6.07) is 7.92. The summed E-state index contributed by atoms with van der Waals surface area (Å²) >= 11 is 0. The van der Waals surface area contributed by atoms with Crippen LogP contribution >= 0.6 is 0 Å². The van der Waals surface area contributed by atoms with Crippen molar-refractivity contribution in [3.63, 3.8) is 0 Å². The molecule has 1 aromatic rings. The fourth-order valence-corrected chi connectivity index (χ4v) is 3.49. The maximum absolute atomic E-state index is 12.3. The number of hydrogen-bond acceptors (Lipinski definition) is 2. The van der Waals surface area contributed by atoms with E-state index in [1.165, 1.54) is 25.7 Å². The third-order valence-corrected chi connectivity index (χ3v) is 5.52. The molecular weight excluding hydrogens is 258 g/mol. The number of carbonyl (C=O) groups is 1. The smallest absolute Gasteiger partial charge is 0.164 e. The zero-order valence-corrected chi connectivity index (χ0v) is 13.8. The van der Waals surface area contributed by atoms with Crippen LogP contribution in [0.25, 0.3) is 0 Å². The van der Waals surface area contributed by atoms with E-state index in [-0.39, 0.29) is 5.78 Å². The summed E-state index contributed by atoms with van der Waals surface area (Å²) in [5.41, 5.74) is 2.55. The van der Waals surface area contributed by atoms with E-state index in [0.717, 1.165) is 30.8 Å². The minimum absolute atomic E-state index is 0.288. The Bertz CT molecular complexity index is 466. The molecule has 0 radical (unpaired) electrons. The van der Waals surface area contributed by atoms with Gasteiger partial charge in [0, 0.05) is 18.5 Å². The molecule has 0 N–H and O–H groups in total. The van der Waals surface area contributed by atoms with Crippen molar-refractivity contribution in [2.45, 2.75) is 52.9 Å². The number of hydrogen-bond donors (Lipinski definition) is 0. The van der Waals surface area contributed by atoms with Gasteiger partial charge < -0.3 is 4.90 Å². The molecule has 0 unspecified atom stereocenters. The van der Waals surface area contributed by atoms with Gasteiger partial charge in [0.1, 0.15) is 0 Å². The summed E-state index contributed by atoms with van der Waals surface area (Å²) in [6.45, 7) is 9.88. The van der Waals surface area contributed by atoms with Gasteiger partial charge in [-0.05, 0) is 43.8 Å². The second-order valence-corrected chi connectivity index (χ2v) is 6.54. The third-order valence-electron chi connectivity index (χ3n) is 5.52. The van der Waals surface area contributed by atoms with Crippen LogP contribution in [0.5, 0.6) is 0 Å². The van der Waals surface area contributed by atoms with E-state index in [1.54, 1.807) is 0 Å². The predicted molar refractivity (Wildman–Crippen MR) is 88.8 cm³/mol. The van der Waals surface area contributed by atoms with E-state index in [1.807, 2.05) is 31.2 Å². The molecule has 0 saturated carbocycles. The lowest BCUT2D eigenvalue weighted by Gasteiger charge is -2.41. The molecule has 21 heavy (non-hydrogen) atoms. The maximum Gasteiger partial charge on any atom is 0.164 e. The average Bonchev–Trinajstić information content (AvgIpc) is 2.53. The highest BCUT2D eigenvalue weighted by molar-refractivity contribution is 5.97. The van der Waals surface area contributed by atoms with Gasteiger partial charge in [-0.25, -0.2) is 0 Å². The van der Waals surface area contributed by atoms with Crippen LogP contribution in [0.2, 0.25) is 0 Å². The first kappa shape index (κ1) is 16.2. The lowest BCUT2D eigenvalue weighted by molar-refractivity contribution is 0.0841. The highest BCUT2D eigenvalue weighted by Gasteiger charge is 2.31. The fraction of sp³-hybridized carbons (Fsp3) is 0.632. The lowest BCUT2D eigenvalue weighted by Crippen LogP contribution is -2.40. The molecule has 1 saturated heterocycles. The summed E-state index contributed by atoms with van der Waals surface area (Å²) in [6.07, 6.45) is 5.81. The zero-order chi connectivity index (χ0) is 15.3. The van der Waals surface area contributed by atoms with Gasteiger partial charge in [0.25, 0.3) is 0 Å². The number of carbonyl (C=O) groups excluding carboxylic acids is 1. The van der Waals surface area contributed by atoms with Crippen molar-refractivity contribution in [1.82, 2.24) is 4.90 Å². The number of rotatable bonds is 6. The Labute approximate surface area is 129 Å². The summed E-state index contributed by atoms with van der Waals surface area (Å²) in [7, 11) is 0. The van der Waals surface area contributed by atoms with Gasteiger partial charge in [0.15, 0.2) is 5.78 Å². The first-order chi connectivity index (χ1) is 10.1. The number of aryl methyl sites for hydroxylation is 1. The SMILES string of the molecule is CCC1(CC)CCN(CCC(=O)c2ccccc2C)CC1. The van der Waals surface area contributed by atoms with Crippen molar-refractivity contribution in [3.05, 3.63) is 35.4 Å². The number of piperidine rings is 1. The molecule has 1 aromatic carbocycles. The standard InChI is InChI=1S/C19H29NO/c1-4-19(5-2)11-14-20(15-12-19)13-10-18(21)17-9-7-6-8-16(17)3/h6-9H,4-5,10-15H2,1-3H3. The summed E-state index contributed by atoms with van der Waals surface area (Å²) < 4.78 is 0. The first-order valence-electron chi connectivity index (χ1n) is 8.41. The van der Waals surface area contributed by atoms with Crippen LogP contribution in [-0.4, -0.2) is 30.3 Å². The van der Waals surface area contributed by atoms with Crippen LogP contribution in [0.15, 0.2) is 24.3 Å². The molecule has 1 aliphatic heterocycles. The molecule has 0 atom stereocenters. The largest absolute Gasteiger partial charge is 0.303 e. The molecule has 2 rings (SSSR count). The van der Waals surface area contributed by atoms with Crippen molar-refractivity contribution in [3.8, 4) is 0 Å². The average molecular weight is 287 g/mol. The van der Waals surface area contributed by atoms with E-state index in [0.29, 0.717) is 11.8 Å². The topological polar surface area (TPSA) is 20.3 Å². The minimum Gasteiger partial charge on any atom is -0.303 e. The van der Waals surface area contributed by atoms with Crippen molar-refractivity contribution in [2.24, 2.45) is 5.41 Å². The van der Waals surface area contributed by atoms with E-state index in [9.17, 15) is 4.79 Å². The second-order valence-electron chi connectivity index (χ2n) is 6.54. The van der Waals surface area contributed by atoms with E-state index in [4.69, 9.17) is 0 Å². The van der Waals surface area contributed by atoms with Gasteiger partial charge in [-0.2, -0.15) is 0 Å². The van der Waals surface area contributed by atoms with Gasteiger partial charge >= 0.3 is 0 Å². The molecule has 0 amide bonds. The lowest BCUT2D eigenvalue weighted by atomic mass is 9.74. The predicted octanol–water partition coefficient (Wildman–Crippen LogP) is 4.47. The molecule has 1 fully saturated rings. The highest BCUT2D eigenvalue weighted by Crippen LogP contribution is 2.37. The number of ketones is 1.